The summed E-state index contributed by atoms with van der Waals surface area (Å²) in [6.45, 7) is 8.65. The first-order chi connectivity index (χ1) is 36.7. The Kier molecular flexibility index (Phi) is 19.7. The minimum absolute atomic E-state index is 0.0770. The SMILES string of the molecule is O=C(NO)C(c1ccc(N2CCOCC2)cc1)c1cccc(C(F)(F)F)c1.O=C(NO)C(c1ccc(N2CCOCC2)cc1)c1cccc(F)c1F.O=C(NO)C(c1ccc(N2CCOCC2)cc1)c1cccc(O)c1. The Labute approximate surface area is 434 Å². The number of phenolic OH excluding ortho intramolecular Hbond substituents is 1. The van der Waals surface area contributed by atoms with Crippen molar-refractivity contribution in [2.75, 3.05) is 93.6 Å². The standard InChI is InChI=1S/C19H19F3N2O3.C18H18F2N2O3.C18H20N2O4/c20-19(21,22)15-3-1-2-14(12-15)17(18(25)23-26)13-4-6-16(7-5-13)24-8-10-27-11-9-24;19-15-3-1-2-14(17(15)20)16(18(23)21-24)12-4-6-13(7-5-12)22-8-10-25-11-9-22;21-16-3-1-2-14(12-16)17(18(22)19-23)13-4-6-15(7-5-13)20-8-10-24-11-9-20/h1-7,12,17,26H,8-11H2,(H,23,25);1-7,16,24H,8-11H2,(H,21,23);1-7,12,17,21,23H,8-11H2,(H,19,22). The minimum Gasteiger partial charge on any atom is -0.508 e. The number of ether oxygens (including phenoxy) is 3. The summed E-state index contributed by atoms with van der Waals surface area (Å²) in [6, 6.07) is 36.3. The van der Waals surface area contributed by atoms with Gasteiger partial charge in [-0.15, -0.1) is 0 Å². The largest absolute Gasteiger partial charge is 0.508 e. The molecular weight excluding hydrogens is 1000 g/mol. The lowest BCUT2D eigenvalue weighted by Crippen LogP contribution is -2.36. The smallest absolute Gasteiger partial charge is 0.416 e. The quantitative estimate of drug-likeness (QED) is 0.0361. The Morgan fingerprint density at radius 2 is 0.816 bits per heavy atom. The molecule has 0 aliphatic carbocycles. The summed E-state index contributed by atoms with van der Waals surface area (Å²) < 4.78 is 82.7. The Hall–Kier alpha value is -7.66. The lowest BCUT2D eigenvalue weighted by Gasteiger charge is -2.29. The summed E-state index contributed by atoms with van der Waals surface area (Å²) in [7, 11) is 0. The van der Waals surface area contributed by atoms with Crippen LogP contribution in [0.15, 0.2) is 140 Å². The van der Waals surface area contributed by atoms with E-state index in [-0.39, 0.29) is 16.9 Å². The number of amides is 3. The number of benzene rings is 6. The minimum atomic E-state index is -4.52. The number of hydroxylamine groups is 3. The van der Waals surface area contributed by atoms with E-state index >= 15 is 0 Å². The van der Waals surface area contributed by atoms with Crippen molar-refractivity contribution in [2.45, 2.75) is 23.9 Å². The van der Waals surface area contributed by atoms with Crippen LogP contribution in [-0.4, -0.2) is 117 Å². The van der Waals surface area contributed by atoms with E-state index in [0.29, 0.717) is 56.3 Å². The topological polar surface area (TPSA) is 206 Å². The van der Waals surface area contributed by atoms with Crippen molar-refractivity contribution in [3.63, 3.8) is 0 Å². The normalized spacial score (nSPS) is 15.9. The van der Waals surface area contributed by atoms with Crippen LogP contribution in [0.5, 0.6) is 5.75 Å². The Balaban J connectivity index is 0.000000166. The maximum Gasteiger partial charge on any atom is 0.416 e. The molecule has 0 bridgehead atoms. The van der Waals surface area contributed by atoms with Crippen LogP contribution < -0.4 is 31.1 Å². The molecule has 0 saturated carbocycles. The molecule has 3 heterocycles. The number of phenols is 1. The number of aromatic hydroxyl groups is 1. The van der Waals surface area contributed by atoms with Crippen LogP contribution in [0.2, 0.25) is 0 Å². The molecule has 21 heteroatoms. The first-order valence-electron chi connectivity index (χ1n) is 24.2. The van der Waals surface area contributed by atoms with E-state index in [4.69, 9.17) is 29.8 Å². The maximum absolute atomic E-state index is 14.1. The van der Waals surface area contributed by atoms with Gasteiger partial charge in [0, 0.05) is 61.9 Å². The number of rotatable bonds is 12. The van der Waals surface area contributed by atoms with Crippen molar-refractivity contribution in [3.8, 4) is 5.75 Å². The average molecular weight is 1060 g/mol. The molecule has 3 aliphatic rings. The third-order valence-corrected chi connectivity index (χ3v) is 13.0. The van der Waals surface area contributed by atoms with Crippen molar-refractivity contribution in [1.29, 1.82) is 0 Å². The van der Waals surface area contributed by atoms with Gasteiger partial charge in [0.25, 0.3) is 17.7 Å². The van der Waals surface area contributed by atoms with Crippen molar-refractivity contribution in [2.24, 2.45) is 0 Å². The van der Waals surface area contributed by atoms with Crippen molar-refractivity contribution < 1.29 is 71.3 Å². The number of carbonyl (C=O) groups excluding carboxylic acids is 3. The first kappa shape index (κ1) is 56.1. The number of hydrogen-bond acceptors (Lipinski definition) is 13. The predicted molar refractivity (Wildman–Crippen MR) is 270 cm³/mol. The van der Waals surface area contributed by atoms with Crippen molar-refractivity contribution in [3.05, 3.63) is 190 Å². The monoisotopic (exact) mass is 1060 g/mol. The van der Waals surface area contributed by atoms with Crippen LogP contribution in [0.25, 0.3) is 0 Å². The third kappa shape index (κ3) is 14.4. The Morgan fingerprint density at radius 1 is 0.461 bits per heavy atom. The summed E-state index contributed by atoms with van der Waals surface area (Å²) in [6.07, 6.45) is -4.52. The highest BCUT2D eigenvalue weighted by Gasteiger charge is 2.33. The Bertz CT molecular complexity index is 2850. The molecule has 6 aromatic carbocycles. The molecule has 0 aromatic heterocycles. The molecule has 16 nitrogen and oxygen atoms in total. The summed E-state index contributed by atoms with van der Waals surface area (Å²) in [4.78, 5) is 42.9. The van der Waals surface area contributed by atoms with Gasteiger partial charge in [-0.2, -0.15) is 13.2 Å². The molecule has 3 amide bonds. The van der Waals surface area contributed by atoms with E-state index in [9.17, 15) is 41.4 Å². The van der Waals surface area contributed by atoms with E-state index in [2.05, 4.69) is 14.7 Å². The molecule has 3 saturated heterocycles. The predicted octanol–water partition coefficient (Wildman–Crippen LogP) is 7.48. The van der Waals surface area contributed by atoms with Gasteiger partial charge in [-0.25, -0.2) is 25.2 Å². The lowest BCUT2D eigenvalue weighted by molar-refractivity contribution is -0.138. The van der Waals surface area contributed by atoms with Crippen LogP contribution in [0.4, 0.5) is 39.0 Å². The summed E-state index contributed by atoms with van der Waals surface area (Å²) in [5.41, 5.74) is 9.21. The highest BCUT2D eigenvalue weighted by molar-refractivity contribution is 5.88. The van der Waals surface area contributed by atoms with Gasteiger partial charge in [-0.3, -0.25) is 30.0 Å². The highest BCUT2D eigenvalue weighted by atomic mass is 19.4. The average Bonchev–Trinajstić information content (AvgIpc) is 3.46. The molecule has 76 heavy (non-hydrogen) atoms. The highest BCUT2D eigenvalue weighted by Crippen LogP contribution is 2.35. The van der Waals surface area contributed by atoms with Gasteiger partial charge in [0.2, 0.25) is 0 Å². The molecule has 7 N–H and O–H groups in total. The van der Waals surface area contributed by atoms with Crippen LogP contribution in [0.1, 0.15) is 56.7 Å². The summed E-state index contributed by atoms with van der Waals surface area (Å²) >= 11 is 0. The fraction of sp³-hybridized carbons (Fsp3) is 0.291. The number of carbonyl (C=O) groups is 3. The van der Waals surface area contributed by atoms with E-state index in [1.807, 2.05) is 48.5 Å². The zero-order chi connectivity index (χ0) is 54.2. The van der Waals surface area contributed by atoms with Crippen LogP contribution >= 0.6 is 0 Å². The molecule has 6 aromatic rings. The fourth-order valence-electron chi connectivity index (χ4n) is 9.10. The second kappa shape index (κ2) is 26.7. The number of anilines is 3. The second-order valence-electron chi connectivity index (χ2n) is 17.7. The van der Waals surface area contributed by atoms with E-state index in [0.717, 1.165) is 80.1 Å². The number of nitrogens with one attached hydrogen (secondary N) is 3. The fourth-order valence-corrected chi connectivity index (χ4v) is 9.10. The number of morpholine rings is 3. The van der Waals surface area contributed by atoms with E-state index in [1.165, 1.54) is 35.8 Å². The molecule has 3 fully saturated rings. The van der Waals surface area contributed by atoms with Gasteiger partial charge in [0.15, 0.2) is 11.6 Å². The summed E-state index contributed by atoms with van der Waals surface area (Å²) in [5, 5.41) is 36.8. The lowest BCUT2D eigenvalue weighted by atomic mass is 9.89. The van der Waals surface area contributed by atoms with Gasteiger partial charge in [0.1, 0.15) is 5.75 Å². The van der Waals surface area contributed by atoms with Crippen LogP contribution in [-0.2, 0) is 34.8 Å². The van der Waals surface area contributed by atoms with Gasteiger partial charge in [0.05, 0.1) is 63.0 Å². The van der Waals surface area contributed by atoms with Crippen LogP contribution in [0, 0.1) is 11.6 Å². The zero-order valence-electron chi connectivity index (χ0n) is 41.0. The molecule has 3 atom stereocenters. The summed E-state index contributed by atoms with van der Waals surface area (Å²) in [5.74, 6) is -7.15. The van der Waals surface area contributed by atoms with Crippen LogP contribution in [0.3, 0.4) is 0 Å². The number of nitrogens with zero attached hydrogens (tertiary/aromatic N) is 3. The van der Waals surface area contributed by atoms with Crippen molar-refractivity contribution in [1.82, 2.24) is 16.4 Å². The number of halogens is 5. The molecular formula is C55H57F5N6O10. The molecule has 9 rings (SSSR count). The third-order valence-electron chi connectivity index (χ3n) is 13.0. The van der Waals surface area contributed by atoms with Gasteiger partial charge < -0.3 is 34.0 Å². The van der Waals surface area contributed by atoms with E-state index in [1.54, 1.807) is 53.4 Å². The van der Waals surface area contributed by atoms with Gasteiger partial charge in [-0.05, 0) is 88.5 Å². The number of alkyl halides is 3. The molecule has 3 aliphatic heterocycles. The van der Waals surface area contributed by atoms with E-state index < -0.39 is 58.8 Å². The maximum atomic E-state index is 14.1. The van der Waals surface area contributed by atoms with Gasteiger partial charge in [-0.1, -0.05) is 78.9 Å². The molecule has 0 spiro atoms. The first-order valence-corrected chi connectivity index (χ1v) is 24.2. The van der Waals surface area contributed by atoms with Gasteiger partial charge >= 0.3 is 6.18 Å². The molecule has 402 valence electrons. The molecule has 0 radical (unpaired) electrons. The van der Waals surface area contributed by atoms with Crippen molar-refractivity contribution >= 4 is 34.8 Å². The zero-order valence-corrected chi connectivity index (χ0v) is 41.0. The number of hydrogen-bond donors (Lipinski definition) is 7. The Morgan fingerprint density at radius 3 is 1.20 bits per heavy atom. The molecule has 3 unspecified atom stereocenters. The second-order valence-corrected chi connectivity index (χ2v) is 17.7.